The maximum absolute atomic E-state index is 9.50. The molecule has 27 heavy (non-hydrogen) atoms. The molecule has 0 aliphatic heterocycles. The summed E-state index contributed by atoms with van der Waals surface area (Å²) in [7, 11) is 4.06. The molecular weight excluding hydrogens is 345 g/mol. The van der Waals surface area contributed by atoms with Gasteiger partial charge in [0.05, 0.1) is 25.7 Å². The molecule has 0 atom stereocenters. The van der Waals surface area contributed by atoms with Crippen LogP contribution in [0.4, 0.5) is 4.39 Å². The predicted octanol–water partition coefficient (Wildman–Crippen LogP) is 4.79. The third-order valence-corrected chi connectivity index (χ3v) is 3.51. The van der Waals surface area contributed by atoms with E-state index in [1.54, 1.807) is 11.8 Å². The number of benzene rings is 1. The summed E-state index contributed by atoms with van der Waals surface area (Å²) in [5.41, 5.74) is 3.95. The number of nitrogens with zero attached hydrogens (tertiary/aromatic N) is 3. The molecule has 0 amide bonds. The van der Waals surface area contributed by atoms with Crippen LogP contribution in [-0.2, 0) is 11.8 Å². The summed E-state index contributed by atoms with van der Waals surface area (Å²) in [5, 5.41) is 4.17. The molecule has 0 fully saturated rings. The monoisotopic (exact) mass is 373 g/mol. The van der Waals surface area contributed by atoms with Crippen LogP contribution in [0.2, 0.25) is 0 Å². The normalized spacial score (nSPS) is 9.56. The number of aryl methyl sites for hydroxylation is 1. The molecule has 0 N–H and O–H groups in total. The Balaban J connectivity index is 0.000000855. The van der Waals surface area contributed by atoms with Gasteiger partial charge in [-0.05, 0) is 12.1 Å². The van der Waals surface area contributed by atoms with Gasteiger partial charge in [-0.3, -0.25) is 14.1 Å². The minimum atomic E-state index is 0.500. The minimum absolute atomic E-state index is 0.500. The molecule has 0 unspecified atom stereocenters. The maximum Gasteiger partial charge on any atom is 0.127 e. The molecule has 2 aromatic heterocycles. The van der Waals surface area contributed by atoms with Crippen LogP contribution in [0.1, 0.15) is 13.8 Å². The van der Waals surface area contributed by atoms with Crippen molar-refractivity contribution in [2.24, 2.45) is 7.05 Å². The highest BCUT2D eigenvalue weighted by atomic mass is 19.1. The predicted molar refractivity (Wildman–Crippen MR) is 108 cm³/mol. The van der Waals surface area contributed by atoms with E-state index in [0.717, 1.165) is 28.1 Å². The molecule has 0 aliphatic carbocycles. The van der Waals surface area contributed by atoms with E-state index >= 15 is 0 Å². The number of aromatic nitrogens is 3. The molecule has 3 rings (SSSR count). The van der Waals surface area contributed by atoms with Gasteiger partial charge in [0.1, 0.15) is 12.4 Å². The second-order valence-corrected chi connectivity index (χ2v) is 5.17. The molecule has 0 spiro atoms. The zero-order valence-electron chi connectivity index (χ0n) is 16.6. The number of ether oxygens (including phenoxy) is 2. The third kappa shape index (κ3) is 6.49. The Hall–Kier alpha value is -2.73. The minimum Gasteiger partial charge on any atom is -0.491 e. The Morgan fingerprint density at radius 2 is 1.70 bits per heavy atom. The fraction of sp³-hybridized carbons (Fsp3) is 0.333. The van der Waals surface area contributed by atoms with E-state index in [2.05, 4.69) is 10.1 Å². The van der Waals surface area contributed by atoms with Gasteiger partial charge >= 0.3 is 0 Å². The number of alkyl halides is 1. The first-order valence-corrected chi connectivity index (χ1v) is 8.82. The van der Waals surface area contributed by atoms with Crippen molar-refractivity contribution >= 4 is 0 Å². The van der Waals surface area contributed by atoms with Crippen molar-refractivity contribution in [1.29, 1.82) is 0 Å². The van der Waals surface area contributed by atoms with E-state index < -0.39 is 0 Å². The largest absolute Gasteiger partial charge is 0.491 e. The quantitative estimate of drug-likeness (QED) is 0.583. The molecule has 5 nitrogen and oxygen atoms in total. The summed E-state index contributed by atoms with van der Waals surface area (Å²) in [6.45, 7) is 5.08. The first-order valence-electron chi connectivity index (χ1n) is 8.82. The highest BCUT2D eigenvalue weighted by Gasteiger charge is 2.08. The molecule has 0 bridgehead atoms. The third-order valence-electron chi connectivity index (χ3n) is 3.51. The molecule has 6 heteroatoms. The van der Waals surface area contributed by atoms with Crippen molar-refractivity contribution in [3.05, 3.63) is 55.0 Å². The number of rotatable bonds is 6. The Morgan fingerprint density at radius 3 is 2.30 bits per heavy atom. The van der Waals surface area contributed by atoms with Gasteiger partial charge in [0.25, 0.3) is 0 Å². The van der Waals surface area contributed by atoms with Crippen LogP contribution >= 0.6 is 0 Å². The second-order valence-electron chi connectivity index (χ2n) is 5.17. The number of methoxy groups -OCH3 is 1. The fourth-order valence-corrected chi connectivity index (χ4v) is 2.34. The van der Waals surface area contributed by atoms with Gasteiger partial charge in [0.15, 0.2) is 0 Å². The molecule has 2 heterocycles. The highest BCUT2D eigenvalue weighted by molar-refractivity contribution is 5.71. The van der Waals surface area contributed by atoms with E-state index in [0.29, 0.717) is 20.4 Å². The molecule has 0 aliphatic rings. The van der Waals surface area contributed by atoms with Crippen LogP contribution < -0.4 is 4.74 Å². The van der Waals surface area contributed by atoms with E-state index in [-0.39, 0.29) is 0 Å². The zero-order chi connectivity index (χ0) is 20.1. The molecule has 0 radical (unpaired) electrons. The molecule has 3 aromatic rings. The Bertz CT molecular complexity index is 773. The lowest BCUT2D eigenvalue weighted by molar-refractivity contribution is 0.146. The lowest BCUT2D eigenvalue weighted by Crippen LogP contribution is -2.05. The van der Waals surface area contributed by atoms with Crippen LogP contribution in [0.3, 0.4) is 0 Å². The fourth-order valence-electron chi connectivity index (χ4n) is 2.34. The van der Waals surface area contributed by atoms with Gasteiger partial charge in [0.2, 0.25) is 0 Å². The summed E-state index contributed by atoms with van der Waals surface area (Å²) in [4.78, 5) is 4.54. The summed E-state index contributed by atoms with van der Waals surface area (Å²) in [5.74, 6) is 0.834. The van der Waals surface area contributed by atoms with Crippen LogP contribution in [0, 0.1) is 0 Å². The first-order chi connectivity index (χ1) is 13.3. The second kappa shape index (κ2) is 12.6. The number of pyridine rings is 1. The highest BCUT2D eigenvalue weighted by Crippen LogP contribution is 2.30. The summed E-state index contributed by atoms with van der Waals surface area (Å²) >= 11 is 0. The van der Waals surface area contributed by atoms with Crippen molar-refractivity contribution < 1.29 is 13.9 Å². The van der Waals surface area contributed by atoms with E-state index in [1.807, 2.05) is 75.9 Å². The van der Waals surface area contributed by atoms with Crippen LogP contribution in [0.25, 0.3) is 22.4 Å². The van der Waals surface area contributed by atoms with Crippen LogP contribution in [-0.4, -0.2) is 42.3 Å². The maximum atomic E-state index is 9.50. The van der Waals surface area contributed by atoms with Gasteiger partial charge in [-0.15, -0.1) is 0 Å². The van der Waals surface area contributed by atoms with E-state index in [9.17, 15) is 4.39 Å². The molecule has 0 saturated carbocycles. The summed E-state index contributed by atoms with van der Waals surface area (Å²) in [6, 6.07) is 12.0. The van der Waals surface area contributed by atoms with Crippen molar-refractivity contribution in [3.63, 3.8) is 0 Å². The molecular formula is C21H28FN3O2. The molecule has 146 valence electrons. The van der Waals surface area contributed by atoms with Crippen molar-refractivity contribution in [1.82, 2.24) is 14.8 Å². The number of hydrogen-bond donors (Lipinski definition) is 0. The lowest BCUT2D eigenvalue weighted by Gasteiger charge is -2.11. The van der Waals surface area contributed by atoms with Crippen molar-refractivity contribution in [3.8, 4) is 28.1 Å². The van der Waals surface area contributed by atoms with E-state index in [4.69, 9.17) is 9.47 Å². The standard InChI is InChI=1S/C18H19N3O2.C2H6.CH3F/c1-21-13-15(12-20-21)17-8-7-14(11-19-17)16-5-3-4-6-18(16)23-10-9-22-2;2*1-2/h3-8,11-13H,9-10H2,1-2H3;1-2H3;1H3. The van der Waals surface area contributed by atoms with Gasteiger partial charge in [-0.1, -0.05) is 38.1 Å². The molecule has 1 aromatic carbocycles. The average molecular weight is 373 g/mol. The van der Waals surface area contributed by atoms with Gasteiger partial charge in [-0.25, -0.2) is 0 Å². The van der Waals surface area contributed by atoms with E-state index in [1.165, 1.54) is 0 Å². The zero-order valence-corrected chi connectivity index (χ0v) is 16.6. The Morgan fingerprint density at radius 1 is 0.963 bits per heavy atom. The smallest absolute Gasteiger partial charge is 0.127 e. The summed E-state index contributed by atoms with van der Waals surface area (Å²) in [6.07, 6.45) is 5.62. The number of hydrogen-bond acceptors (Lipinski definition) is 4. The van der Waals surface area contributed by atoms with Crippen molar-refractivity contribution in [2.45, 2.75) is 13.8 Å². The lowest BCUT2D eigenvalue weighted by atomic mass is 10.1. The Labute approximate surface area is 160 Å². The molecule has 0 saturated heterocycles. The van der Waals surface area contributed by atoms with Crippen LogP contribution in [0.15, 0.2) is 55.0 Å². The Kier molecular flexibility index (Phi) is 10.4. The summed E-state index contributed by atoms with van der Waals surface area (Å²) < 4.78 is 22.1. The number of halogens is 1. The first kappa shape index (κ1) is 22.3. The topological polar surface area (TPSA) is 49.2 Å². The average Bonchev–Trinajstić information content (AvgIpc) is 3.18. The number of para-hydroxylation sites is 1. The van der Waals surface area contributed by atoms with Gasteiger partial charge in [-0.2, -0.15) is 5.10 Å². The van der Waals surface area contributed by atoms with Crippen molar-refractivity contribution in [2.75, 3.05) is 27.5 Å². The van der Waals surface area contributed by atoms with Gasteiger partial charge < -0.3 is 9.47 Å². The SMILES string of the molecule is CC.CF.COCCOc1ccccc1-c1ccc(-c2cnn(C)c2)nc1. The van der Waals surface area contributed by atoms with Gasteiger partial charge in [0, 0.05) is 43.2 Å². The van der Waals surface area contributed by atoms with Crippen LogP contribution in [0.5, 0.6) is 5.75 Å².